The molecule has 0 radical (unpaired) electrons. The highest BCUT2D eigenvalue weighted by atomic mass is 79.9. The number of halogens is 3. The SMILES string of the molecule is Cc1cc(CNc2cc(F)ccc2F)ccc1Br. The van der Waals surface area contributed by atoms with Crippen LogP contribution < -0.4 is 5.32 Å². The summed E-state index contributed by atoms with van der Waals surface area (Å²) in [6, 6.07) is 9.24. The van der Waals surface area contributed by atoms with Crippen molar-refractivity contribution >= 4 is 21.6 Å². The Kier molecular flexibility index (Phi) is 3.97. The molecule has 2 rings (SSSR count). The Morgan fingerprint density at radius 2 is 1.89 bits per heavy atom. The van der Waals surface area contributed by atoms with E-state index in [0.29, 0.717) is 6.54 Å². The molecule has 0 aliphatic rings. The molecule has 0 aliphatic carbocycles. The average Bonchev–Trinajstić information content (AvgIpc) is 2.34. The van der Waals surface area contributed by atoms with Gasteiger partial charge in [-0.1, -0.05) is 28.1 Å². The van der Waals surface area contributed by atoms with E-state index < -0.39 is 11.6 Å². The van der Waals surface area contributed by atoms with Gasteiger partial charge in [-0.05, 0) is 42.3 Å². The minimum absolute atomic E-state index is 0.176. The average molecular weight is 312 g/mol. The Balaban J connectivity index is 2.11. The summed E-state index contributed by atoms with van der Waals surface area (Å²) in [5, 5.41) is 2.89. The second kappa shape index (κ2) is 5.48. The fourth-order valence-corrected chi connectivity index (χ4v) is 1.89. The quantitative estimate of drug-likeness (QED) is 0.870. The lowest BCUT2D eigenvalue weighted by molar-refractivity contribution is 0.602. The highest BCUT2D eigenvalue weighted by Gasteiger charge is 2.04. The van der Waals surface area contributed by atoms with E-state index in [0.717, 1.165) is 33.8 Å². The van der Waals surface area contributed by atoms with Crippen molar-refractivity contribution in [1.29, 1.82) is 0 Å². The first-order valence-corrected chi connectivity index (χ1v) is 6.29. The summed E-state index contributed by atoms with van der Waals surface area (Å²) in [5.74, 6) is -0.906. The largest absolute Gasteiger partial charge is 0.379 e. The molecule has 1 N–H and O–H groups in total. The number of nitrogens with one attached hydrogen (secondary N) is 1. The highest BCUT2D eigenvalue weighted by Crippen LogP contribution is 2.19. The number of rotatable bonds is 3. The van der Waals surface area contributed by atoms with Crippen LogP contribution >= 0.6 is 15.9 Å². The van der Waals surface area contributed by atoms with E-state index in [1.54, 1.807) is 0 Å². The predicted molar refractivity (Wildman–Crippen MR) is 72.6 cm³/mol. The molecule has 0 saturated heterocycles. The fraction of sp³-hybridized carbons (Fsp3) is 0.143. The molecule has 0 saturated carbocycles. The van der Waals surface area contributed by atoms with Gasteiger partial charge in [-0.2, -0.15) is 0 Å². The second-order valence-corrected chi connectivity index (χ2v) is 4.92. The zero-order chi connectivity index (χ0) is 13.1. The van der Waals surface area contributed by atoms with Gasteiger partial charge in [-0.25, -0.2) is 8.78 Å². The van der Waals surface area contributed by atoms with Crippen molar-refractivity contribution in [2.24, 2.45) is 0 Å². The first kappa shape index (κ1) is 13.0. The molecule has 4 heteroatoms. The zero-order valence-corrected chi connectivity index (χ0v) is 11.4. The number of hydrogen-bond donors (Lipinski definition) is 1. The lowest BCUT2D eigenvalue weighted by Gasteiger charge is -2.09. The van der Waals surface area contributed by atoms with Gasteiger partial charge in [0.15, 0.2) is 0 Å². The Labute approximate surface area is 113 Å². The Hall–Kier alpha value is -1.42. The molecule has 2 aromatic rings. The van der Waals surface area contributed by atoms with Crippen molar-refractivity contribution < 1.29 is 8.78 Å². The van der Waals surface area contributed by atoms with Crippen LogP contribution in [0.3, 0.4) is 0 Å². The van der Waals surface area contributed by atoms with Gasteiger partial charge < -0.3 is 5.32 Å². The maximum Gasteiger partial charge on any atom is 0.146 e. The van der Waals surface area contributed by atoms with Crippen LogP contribution in [0, 0.1) is 18.6 Å². The Morgan fingerprint density at radius 1 is 1.11 bits per heavy atom. The maximum atomic E-state index is 13.4. The first-order chi connectivity index (χ1) is 8.56. The zero-order valence-electron chi connectivity index (χ0n) is 9.81. The van der Waals surface area contributed by atoms with Crippen molar-refractivity contribution in [2.45, 2.75) is 13.5 Å². The van der Waals surface area contributed by atoms with E-state index in [9.17, 15) is 8.78 Å². The van der Waals surface area contributed by atoms with Gasteiger partial charge in [0.05, 0.1) is 5.69 Å². The van der Waals surface area contributed by atoms with Crippen molar-refractivity contribution in [1.82, 2.24) is 0 Å². The molecule has 0 atom stereocenters. The number of hydrogen-bond acceptors (Lipinski definition) is 1. The lowest BCUT2D eigenvalue weighted by atomic mass is 10.1. The minimum atomic E-state index is -0.453. The standard InChI is InChI=1S/C14H12BrF2N/c1-9-6-10(2-4-12(9)15)8-18-14-7-11(16)3-5-13(14)17/h2-7,18H,8H2,1H3. The van der Waals surface area contributed by atoms with Crippen LogP contribution in [-0.4, -0.2) is 0 Å². The summed E-state index contributed by atoms with van der Waals surface area (Å²) >= 11 is 3.42. The van der Waals surface area contributed by atoms with Crippen LogP contribution in [-0.2, 0) is 6.54 Å². The molecule has 2 aromatic carbocycles. The second-order valence-electron chi connectivity index (χ2n) is 4.06. The molecule has 18 heavy (non-hydrogen) atoms. The fourth-order valence-electron chi connectivity index (χ4n) is 1.65. The van der Waals surface area contributed by atoms with Crippen LogP contribution in [0.25, 0.3) is 0 Å². The van der Waals surface area contributed by atoms with Crippen molar-refractivity contribution in [3.05, 3.63) is 63.6 Å². The van der Waals surface area contributed by atoms with Crippen LogP contribution in [0.2, 0.25) is 0 Å². The summed E-state index contributed by atoms with van der Waals surface area (Å²) in [4.78, 5) is 0. The van der Waals surface area contributed by atoms with Crippen molar-refractivity contribution in [3.63, 3.8) is 0 Å². The van der Waals surface area contributed by atoms with Gasteiger partial charge in [0.1, 0.15) is 11.6 Å². The molecule has 0 aliphatic heterocycles. The maximum absolute atomic E-state index is 13.4. The molecule has 0 unspecified atom stereocenters. The summed E-state index contributed by atoms with van der Waals surface area (Å²) in [6.45, 7) is 2.44. The van der Waals surface area contributed by atoms with E-state index >= 15 is 0 Å². The molecule has 0 spiro atoms. The molecular formula is C14H12BrF2N. The number of anilines is 1. The summed E-state index contributed by atoms with van der Waals surface area (Å²) in [5.41, 5.74) is 2.30. The topological polar surface area (TPSA) is 12.0 Å². The Morgan fingerprint density at radius 3 is 2.61 bits per heavy atom. The van der Waals surface area contributed by atoms with Crippen molar-refractivity contribution in [2.75, 3.05) is 5.32 Å². The predicted octanol–water partition coefficient (Wildman–Crippen LogP) is 4.65. The van der Waals surface area contributed by atoms with E-state index in [4.69, 9.17) is 0 Å². The molecule has 0 aromatic heterocycles. The van der Waals surface area contributed by atoms with Crippen molar-refractivity contribution in [3.8, 4) is 0 Å². The third kappa shape index (κ3) is 3.07. The molecule has 0 fully saturated rings. The smallest absolute Gasteiger partial charge is 0.146 e. The molecular weight excluding hydrogens is 300 g/mol. The molecule has 0 heterocycles. The van der Waals surface area contributed by atoms with Gasteiger partial charge in [0, 0.05) is 11.0 Å². The lowest BCUT2D eigenvalue weighted by Crippen LogP contribution is -2.02. The minimum Gasteiger partial charge on any atom is -0.379 e. The van der Waals surface area contributed by atoms with E-state index in [1.165, 1.54) is 0 Å². The molecule has 1 nitrogen and oxygen atoms in total. The van der Waals surface area contributed by atoms with Crippen LogP contribution in [0.5, 0.6) is 0 Å². The van der Waals surface area contributed by atoms with Crippen LogP contribution in [0.15, 0.2) is 40.9 Å². The molecule has 0 amide bonds. The molecule has 94 valence electrons. The summed E-state index contributed by atoms with van der Waals surface area (Å²) in [6.07, 6.45) is 0. The van der Waals surface area contributed by atoms with E-state index in [-0.39, 0.29) is 5.69 Å². The summed E-state index contributed by atoms with van der Waals surface area (Å²) < 4.78 is 27.4. The van der Waals surface area contributed by atoms with E-state index in [1.807, 2.05) is 25.1 Å². The molecule has 0 bridgehead atoms. The van der Waals surface area contributed by atoms with Gasteiger partial charge >= 0.3 is 0 Å². The Bertz CT molecular complexity index is 570. The third-order valence-electron chi connectivity index (χ3n) is 2.63. The number of benzene rings is 2. The monoisotopic (exact) mass is 311 g/mol. The summed E-state index contributed by atoms with van der Waals surface area (Å²) in [7, 11) is 0. The van der Waals surface area contributed by atoms with Gasteiger partial charge in [0.25, 0.3) is 0 Å². The number of aryl methyl sites for hydroxylation is 1. The van der Waals surface area contributed by atoms with Crippen LogP contribution in [0.1, 0.15) is 11.1 Å². The van der Waals surface area contributed by atoms with E-state index in [2.05, 4.69) is 21.2 Å². The normalized spacial score (nSPS) is 10.4. The highest BCUT2D eigenvalue weighted by molar-refractivity contribution is 9.10. The van der Waals surface area contributed by atoms with Gasteiger partial charge in [-0.15, -0.1) is 0 Å². The van der Waals surface area contributed by atoms with Gasteiger partial charge in [0.2, 0.25) is 0 Å². The van der Waals surface area contributed by atoms with Gasteiger partial charge in [-0.3, -0.25) is 0 Å². The first-order valence-electron chi connectivity index (χ1n) is 5.50. The van der Waals surface area contributed by atoms with Crippen LogP contribution in [0.4, 0.5) is 14.5 Å². The third-order valence-corrected chi connectivity index (χ3v) is 3.52.